The molecule has 1 aliphatic rings. The number of benzene rings is 2. The Balaban J connectivity index is 2.04. The molecule has 5 heteroatoms. The van der Waals surface area contributed by atoms with Gasteiger partial charge in [0, 0.05) is 14.6 Å². The lowest BCUT2D eigenvalue weighted by Crippen LogP contribution is -1.98. The first-order valence-corrected chi connectivity index (χ1v) is 8.25. The molecule has 3 aromatic rings. The predicted molar refractivity (Wildman–Crippen MR) is 92.8 cm³/mol. The zero-order chi connectivity index (χ0) is 14.6. The lowest BCUT2D eigenvalue weighted by molar-refractivity contribution is 0.476. The number of phenols is 1. The summed E-state index contributed by atoms with van der Waals surface area (Å²) >= 11 is 8.38. The van der Waals surface area contributed by atoms with Crippen LogP contribution in [0.3, 0.4) is 0 Å². The number of halogens is 2. The summed E-state index contributed by atoms with van der Waals surface area (Å²) in [4.78, 5) is 4.73. The molecule has 2 aromatic carbocycles. The first kappa shape index (κ1) is 13.4. The van der Waals surface area contributed by atoms with Gasteiger partial charge in [0.1, 0.15) is 11.6 Å². The molecule has 0 radical (unpaired) electrons. The Bertz CT molecular complexity index is 855. The summed E-state index contributed by atoms with van der Waals surface area (Å²) in [5.74, 6) is 1.09. The molecular formula is C16H12ClIN2O. The van der Waals surface area contributed by atoms with Crippen molar-refractivity contribution in [1.29, 1.82) is 0 Å². The number of hydrogen-bond donors (Lipinski definition) is 1. The fraction of sp³-hybridized carbons (Fsp3) is 0.188. The number of fused-ring (bicyclic) bond motifs is 1. The number of aromatic nitrogens is 2. The molecule has 0 spiro atoms. The molecule has 1 fully saturated rings. The molecule has 0 atom stereocenters. The van der Waals surface area contributed by atoms with E-state index in [2.05, 4.69) is 27.2 Å². The summed E-state index contributed by atoms with van der Waals surface area (Å²) in [5.41, 5.74) is 2.74. The average Bonchev–Trinajstić information content (AvgIpc) is 3.22. The first-order chi connectivity index (χ1) is 10.1. The molecule has 106 valence electrons. The van der Waals surface area contributed by atoms with Crippen LogP contribution in [-0.2, 0) is 0 Å². The van der Waals surface area contributed by atoms with E-state index in [0.29, 0.717) is 11.1 Å². The first-order valence-electron chi connectivity index (χ1n) is 6.80. The Morgan fingerprint density at radius 2 is 2.00 bits per heavy atom. The van der Waals surface area contributed by atoms with Crippen molar-refractivity contribution in [3.05, 3.63) is 45.0 Å². The van der Waals surface area contributed by atoms with Crippen molar-refractivity contribution < 1.29 is 5.11 Å². The van der Waals surface area contributed by atoms with E-state index in [0.717, 1.165) is 38.8 Å². The van der Waals surface area contributed by atoms with Crippen LogP contribution in [0.4, 0.5) is 0 Å². The molecule has 0 unspecified atom stereocenters. The second-order valence-electron chi connectivity index (χ2n) is 5.33. The standard InChI is InChI=1S/C16H12ClIN2O/c17-9-1-5-13-14(7-9)20(11-3-4-11)16(19-13)12-8-10(18)2-6-15(12)21/h1-2,5-8,11,21H,3-4H2. The van der Waals surface area contributed by atoms with Gasteiger partial charge < -0.3 is 9.67 Å². The maximum absolute atomic E-state index is 10.2. The lowest BCUT2D eigenvalue weighted by Gasteiger charge is -2.09. The largest absolute Gasteiger partial charge is 0.507 e. The number of phenolic OH excluding ortho intramolecular Hbond substituents is 1. The molecular weight excluding hydrogens is 399 g/mol. The van der Waals surface area contributed by atoms with Crippen LogP contribution in [0, 0.1) is 3.57 Å². The van der Waals surface area contributed by atoms with Gasteiger partial charge in [-0.2, -0.15) is 0 Å². The van der Waals surface area contributed by atoms with Crippen molar-refractivity contribution in [2.75, 3.05) is 0 Å². The van der Waals surface area contributed by atoms with Crippen LogP contribution in [0.1, 0.15) is 18.9 Å². The topological polar surface area (TPSA) is 38.1 Å². The smallest absolute Gasteiger partial charge is 0.145 e. The van der Waals surface area contributed by atoms with Crippen molar-refractivity contribution in [3.63, 3.8) is 0 Å². The van der Waals surface area contributed by atoms with E-state index in [4.69, 9.17) is 16.6 Å². The molecule has 0 aliphatic heterocycles. The van der Waals surface area contributed by atoms with E-state index in [-0.39, 0.29) is 5.75 Å². The van der Waals surface area contributed by atoms with Gasteiger partial charge in [0.25, 0.3) is 0 Å². The zero-order valence-electron chi connectivity index (χ0n) is 11.1. The minimum Gasteiger partial charge on any atom is -0.507 e. The third-order valence-corrected chi connectivity index (χ3v) is 4.67. The van der Waals surface area contributed by atoms with Crippen molar-refractivity contribution in [2.45, 2.75) is 18.9 Å². The summed E-state index contributed by atoms with van der Waals surface area (Å²) in [5, 5.41) is 10.9. The fourth-order valence-corrected chi connectivity index (χ4v) is 3.30. The molecule has 3 nitrogen and oxygen atoms in total. The highest BCUT2D eigenvalue weighted by molar-refractivity contribution is 14.1. The number of rotatable bonds is 2. The van der Waals surface area contributed by atoms with E-state index < -0.39 is 0 Å². The van der Waals surface area contributed by atoms with Crippen LogP contribution in [0.2, 0.25) is 5.02 Å². The summed E-state index contributed by atoms with van der Waals surface area (Å²) in [7, 11) is 0. The number of nitrogens with zero attached hydrogens (tertiary/aromatic N) is 2. The maximum atomic E-state index is 10.2. The van der Waals surface area contributed by atoms with Crippen LogP contribution in [0.5, 0.6) is 5.75 Å². The predicted octanol–water partition coefficient (Wildman–Crippen LogP) is 5.00. The van der Waals surface area contributed by atoms with Gasteiger partial charge in [0.15, 0.2) is 0 Å². The Labute approximate surface area is 140 Å². The fourth-order valence-electron chi connectivity index (χ4n) is 2.65. The van der Waals surface area contributed by atoms with Crippen molar-refractivity contribution in [2.24, 2.45) is 0 Å². The minimum absolute atomic E-state index is 0.263. The van der Waals surface area contributed by atoms with Crippen LogP contribution in [-0.4, -0.2) is 14.7 Å². The molecule has 1 aromatic heterocycles. The van der Waals surface area contributed by atoms with Crippen LogP contribution in [0.25, 0.3) is 22.4 Å². The Morgan fingerprint density at radius 1 is 1.19 bits per heavy atom. The summed E-state index contributed by atoms with van der Waals surface area (Å²) in [6.45, 7) is 0. The molecule has 1 aliphatic carbocycles. The monoisotopic (exact) mass is 410 g/mol. The highest BCUT2D eigenvalue weighted by atomic mass is 127. The number of aromatic hydroxyl groups is 1. The lowest BCUT2D eigenvalue weighted by atomic mass is 10.2. The second kappa shape index (κ2) is 4.88. The van der Waals surface area contributed by atoms with Crippen LogP contribution in [0.15, 0.2) is 36.4 Å². The SMILES string of the molecule is Oc1ccc(I)cc1-c1nc2ccc(Cl)cc2n1C1CC1. The van der Waals surface area contributed by atoms with E-state index in [9.17, 15) is 5.11 Å². The van der Waals surface area contributed by atoms with Gasteiger partial charge in [0.05, 0.1) is 16.6 Å². The highest BCUT2D eigenvalue weighted by Gasteiger charge is 2.29. The van der Waals surface area contributed by atoms with Gasteiger partial charge in [-0.15, -0.1) is 0 Å². The third kappa shape index (κ3) is 2.30. The van der Waals surface area contributed by atoms with Crippen molar-refractivity contribution in [1.82, 2.24) is 9.55 Å². The zero-order valence-corrected chi connectivity index (χ0v) is 14.0. The van der Waals surface area contributed by atoms with Gasteiger partial charge >= 0.3 is 0 Å². The number of hydrogen-bond acceptors (Lipinski definition) is 2. The minimum atomic E-state index is 0.263. The summed E-state index contributed by atoms with van der Waals surface area (Å²) < 4.78 is 3.29. The summed E-state index contributed by atoms with van der Waals surface area (Å²) in [6.07, 6.45) is 2.30. The Kier molecular flexibility index (Phi) is 3.11. The van der Waals surface area contributed by atoms with E-state index in [1.807, 2.05) is 30.3 Å². The maximum Gasteiger partial charge on any atom is 0.145 e. The molecule has 0 bridgehead atoms. The van der Waals surface area contributed by atoms with E-state index in [1.54, 1.807) is 6.07 Å². The molecule has 1 heterocycles. The second-order valence-corrected chi connectivity index (χ2v) is 7.01. The molecule has 0 saturated heterocycles. The summed E-state index contributed by atoms with van der Waals surface area (Å²) in [6, 6.07) is 11.8. The molecule has 4 rings (SSSR count). The molecule has 1 saturated carbocycles. The van der Waals surface area contributed by atoms with Gasteiger partial charge in [-0.25, -0.2) is 4.98 Å². The van der Waals surface area contributed by atoms with Crippen LogP contribution < -0.4 is 0 Å². The van der Waals surface area contributed by atoms with Gasteiger partial charge in [-0.1, -0.05) is 11.6 Å². The number of imidazole rings is 1. The van der Waals surface area contributed by atoms with E-state index in [1.165, 1.54) is 0 Å². The van der Waals surface area contributed by atoms with Gasteiger partial charge in [0.2, 0.25) is 0 Å². The quantitative estimate of drug-likeness (QED) is 0.604. The highest BCUT2D eigenvalue weighted by Crippen LogP contribution is 2.43. The van der Waals surface area contributed by atoms with Crippen molar-refractivity contribution in [3.8, 4) is 17.1 Å². The third-order valence-electron chi connectivity index (χ3n) is 3.76. The molecule has 21 heavy (non-hydrogen) atoms. The van der Waals surface area contributed by atoms with Gasteiger partial charge in [-0.05, 0) is 71.8 Å². The van der Waals surface area contributed by atoms with Gasteiger partial charge in [-0.3, -0.25) is 0 Å². The average molecular weight is 411 g/mol. The van der Waals surface area contributed by atoms with Crippen LogP contribution >= 0.6 is 34.2 Å². The van der Waals surface area contributed by atoms with E-state index >= 15 is 0 Å². The Morgan fingerprint density at radius 3 is 2.76 bits per heavy atom. The Hall–Kier alpha value is -1.27. The van der Waals surface area contributed by atoms with Crippen molar-refractivity contribution >= 4 is 45.2 Å². The normalized spacial score (nSPS) is 14.8. The molecule has 0 amide bonds. The molecule has 1 N–H and O–H groups in total.